The number of nitrogens with zero attached hydrogens (tertiary/aromatic N) is 2. The van der Waals surface area contributed by atoms with Crippen LogP contribution in [0.1, 0.15) is 32.6 Å². The summed E-state index contributed by atoms with van der Waals surface area (Å²) < 4.78 is 11.4. The lowest BCUT2D eigenvalue weighted by molar-refractivity contribution is -0.128. The van der Waals surface area contributed by atoms with Crippen molar-refractivity contribution in [2.75, 3.05) is 11.9 Å². The summed E-state index contributed by atoms with van der Waals surface area (Å²) in [7, 11) is 0. The Labute approximate surface area is 224 Å². The van der Waals surface area contributed by atoms with E-state index in [1.165, 1.54) is 19.2 Å². The number of nitrogens with one attached hydrogen (secondary N) is 3. The highest BCUT2D eigenvalue weighted by molar-refractivity contribution is 5.97. The third-order valence-electron chi connectivity index (χ3n) is 6.06. The van der Waals surface area contributed by atoms with Gasteiger partial charge in [0.25, 0.3) is 0 Å². The molecule has 1 aliphatic rings. The van der Waals surface area contributed by atoms with E-state index in [9.17, 15) is 34.5 Å². The Morgan fingerprint density at radius 2 is 1.74 bits per heavy atom. The SMILES string of the molecule is CC(C)[C@H](NC(=O)OCc1ccccc1)C(=O)N[C@@H](C)C(=O)Nc1ccn([C@@H]2O[C@H](CO)[C@@H](O)[C@@H]2O)c(=O)n1. The van der Waals surface area contributed by atoms with Crippen LogP contribution in [0, 0.1) is 5.92 Å². The van der Waals surface area contributed by atoms with Gasteiger partial charge in [0.05, 0.1) is 6.61 Å². The van der Waals surface area contributed by atoms with Crippen LogP contribution in [-0.4, -0.2) is 79.8 Å². The zero-order chi connectivity index (χ0) is 28.7. The largest absolute Gasteiger partial charge is 0.445 e. The minimum atomic E-state index is -1.48. The van der Waals surface area contributed by atoms with Crippen molar-refractivity contribution in [1.82, 2.24) is 20.2 Å². The smallest absolute Gasteiger partial charge is 0.408 e. The van der Waals surface area contributed by atoms with Crippen molar-refractivity contribution in [2.24, 2.45) is 5.92 Å². The Morgan fingerprint density at radius 3 is 2.33 bits per heavy atom. The molecule has 2 heterocycles. The summed E-state index contributed by atoms with van der Waals surface area (Å²) >= 11 is 0. The number of benzene rings is 1. The Kier molecular flexibility index (Phi) is 10.1. The maximum atomic E-state index is 12.8. The molecule has 14 heteroatoms. The van der Waals surface area contributed by atoms with Crippen molar-refractivity contribution in [3.8, 4) is 0 Å². The van der Waals surface area contributed by atoms with Gasteiger partial charge >= 0.3 is 11.8 Å². The maximum Gasteiger partial charge on any atom is 0.408 e. The van der Waals surface area contributed by atoms with Gasteiger partial charge in [-0.2, -0.15) is 4.98 Å². The number of aliphatic hydroxyl groups is 3. The van der Waals surface area contributed by atoms with E-state index in [0.717, 1.165) is 10.1 Å². The number of aromatic nitrogens is 2. The lowest BCUT2D eigenvalue weighted by Gasteiger charge is -2.23. The predicted octanol–water partition coefficient (Wildman–Crippen LogP) is -0.751. The molecule has 39 heavy (non-hydrogen) atoms. The lowest BCUT2D eigenvalue weighted by Crippen LogP contribution is -2.53. The van der Waals surface area contributed by atoms with Crippen LogP contribution in [0.3, 0.4) is 0 Å². The summed E-state index contributed by atoms with van der Waals surface area (Å²) in [6.07, 6.45) is -4.81. The van der Waals surface area contributed by atoms with Gasteiger partial charge in [-0.25, -0.2) is 9.59 Å². The topological polar surface area (TPSA) is 201 Å². The van der Waals surface area contributed by atoms with Crippen LogP contribution >= 0.6 is 0 Å². The highest BCUT2D eigenvalue weighted by Crippen LogP contribution is 2.28. The van der Waals surface area contributed by atoms with Crippen molar-refractivity contribution < 1.29 is 39.2 Å². The van der Waals surface area contributed by atoms with Gasteiger partial charge in [0.2, 0.25) is 11.8 Å². The molecule has 0 spiro atoms. The molecule has 14 nitrogen and oxygen atoms in total. The summed E-state index contributed by atoms with van der Waals surface area (Å²) in [6.45, 7) is 4.32. The number of amides is 3. The molecule has 1 saturated heterocycles. The standard InChI is InChI=1S/C25H33N5O9/c1-13(2)18(29-25(37)38-12-15-7-5-4-6-8-15)22(35)26-14(3)21(34)27-17-9-10-30(24(36)28-17)23-20(33)19(32)16(11-31)39-23/h4-10,13-14,16,18-20,23,31-33H,11-12H2,1-3H3,(H,26,35)(H,29,37)(H,27,28,34,36)/t14-,16+,18-,19+,20-,23+/m0/s1. The number of hydrogen-bond donors (Lipinski definition) is 6. The van der Waals surface area contributed by atoms with E-state index in [0.29, 0.717) is 0 Å². The second-order valence-corrected chi connectivity index (χ2v) is 9.38. The van der Waals surface area contributed by atoms with Crippen molar-refractivity contribution in [3.63, 3.8) is 0 Å². The highest BCUT2D eigenvalue weighted by Gasteiger charge is 2.43. The fraction of sp³-hybridized carbons (Fsp3) is 0.480. The van der Waals surface area contributed by atoms with Crippen molar-refractivity contribution in [1.29, 1.82) is 0 Å². The normalized spacial score (nSPS) is 22.1. The number of carbonyl (C=O) groups excluding carboxylic acids is 3. The van der Waals surface area contributed by atoms with Crippen LogP contribution in [0.5, 0.6) is 0 Å². The molecule has 0 radical (unpaired) electrons. The summed E-state index contributed by atoms with van der Waals surface area (Å²) in [5.41, 5.74) is -0.110. The van der Waals surface area contributed by atoms with Gasteiger partial charge < -0.3 is 40.7 Å². The van der Waals surface area contributed by atoms with Crippen LogP contribution in [0.2, 0.25) is 0 Å². The summed E-state index contributed by atoms with van der Waals surface area (Å²) in [5.74, 6) is -1.75. The first kappa shape index (κ1) is 29.7. The second kappa shape index (κ2) is 13.3. The molecule has 6 atom stereocenters. The van der Waals surface area contributed by atoms with Gasteiger partial charge in [-0.3, -0.25) is 14.2 Å². The number of rotatable bonds is 10. The van der Waals surface area contributed by atoms with E-state index < -0.39 is 66.8 Å². The summed E-state index contributed by atoms with van der Waals surface area (Å²) in [6, 6.07) is 8.25. The highest BCUT2D eigenvalue weighted by atomic mass is 16.6. The molecule has 0 saturated carbocycles. The van der Waals surface area contributed by atoms with Gasteiger partial charge in [-0.15, -0.1) is 0 Å². The number of ether oxygens (including phenoxy) is 2. The minimum absolute atomic E-state index is 0.0259. The number of anilines is 1. The lowest BCUT2D eigenvalue weighted by atomic mass is 10.0. The molecular weight excluding hydrogens is 514 g/mol. The van der Waals surface area contributed by atoms with Gasteiger partial charge in [0, 0.05) is 6.20 Å². The second-order valence-electron chi connectivity index (χ2n) is 9.38. The van der Waals surface area contributed by atoms with Gasteiger partial charge in [-0.05, 0) is 24.5 Å². The monoisotopic (exact) mass is 547 g/mol. The third kappa shape index (κ3) is 7.60. The molecule has 6 N–H and O–H groups in total. The van der Waals surface area contributed by atoms with E-state index in [-0.39, 0.29) is 18.3 Å². The van der Waals surface area contributed by atoms with Crippen molar-refractivity contribution in [2.45, 2.75) is 64.0 Å². The van der Waals surface area contributed by atoms with Crippen LogP contribution in [0.25, 0.3) is 0 Å². The fourth-order valence-electron chi connectivity index (χ4n) is 3.82. The minimum Gasteiger partial charge on any atom is -0.445 e. The van der Waals surface area contributed by atoms with E-state index >= 15 is 0 Å². The van der Waals surface area contributed by atoms with Crippen LogP contribution in [0.4, 0.5) is 10.6 Å². The molecule has 1 fully saturated rings. The third-order valence-corrected chi connectivity index (χ3v) is 6.06. The Bertz CT molecular complexity index is 1210. The summed E-state index contributed by atoms with van der Waals surface area (Å²) in [4.78, 5) is 53.9. The quantitative estimate of drug-likeness (QED) is 0.220. The van der Waals surface area contributed by atoms with Crippen LogP contribution in [-0.2, 0) is 25.7 Å². The number of carbonyl (C=O) groups is 3. The van der Waals surface area contributed by atoms with Crippen molar-refractivity contribution in [3.05, 3.63) is 58.6 Å². The first-order valence-electron chi connectivity index (χ1n) is 12.3. The van der Waals surface area contributed by atoms with Crippen LogP contribution in [0.15, 0.2) is 47.4 Å². The number of alkyl carbamates (subject to hydrolysis) is 1. The van der Waals surface area contributed by atoms with E-state index in [1.807, 2.05) is 6.07 Å². The first-order chi connectivity index (χ1) is 18.5. The molecule has 212 valence electrons. The van der Waals surface area contributed by atoms with Crippen LogP contribution < -0.4 is 21.6 Å². The number of hydrogen-bond acceptors (Lipinski definition) is 10. The number of aliphatic hydroxyl groups excluding tert-OH is 3. The average Bonchev–Trinajstić information content (AvgIpc) is 3.19. The molecule has 0 aliphatic carbocycles. The Hall–Kier alpha value is -3.85. The zero-order valence-corrected chi connectivity index (χ0v) is 21.7. The molecule has 1 aromatic heterocycles. The predicted molar refractivity (Wildman–Crippen MR) is 136 cm³/mol. The maximum absolute atomic E-state index is 12.8. The van der Waals surface area contributed by atoms with Gasteiger partial charge in [-0.1, -0.05) is 44.2 Å². The van der Waals surface area contributed by atoms with E-state index in [4.69, 9.17) is 9.47 Å². The molecule has 2 aromatic rings. The molecule has 3 rings (SSSR count). The summed E-state index contributed by atoms with van der Waals surface area (Å²) in [5, 5.41) is 36.7. The molecule has 1 aromatic carbocycles. The van der Waals surface area contributed by atoms with E-state index in [2.05, 4.69) is 20.9 Å². The average molecular weight is 548 g/mol. The molecular formula is C25H33N5O9. The Balaban J connectivity index is 1.56. The molecule has 0 bridgehead atoms. The molecule has 0 unspecified atom stereocenters. The first-order valence-corrected chi connectivity index (χ1v) is 12.3. The van der Waals surface area contributed by atoms with E-state index in [1.54, 1.807) is 38.1 Å². The van der Waals surface area contributed by atoms with Crippen molar-refractivity contribution >= 4 is 23.7 Å². The molecule has 1 aliphatic heterocycles. The van der Waals surface area contributed by atoms with Gasteiger partial charge in [0.15, 0.2) is 6.23 Å². The molecule has 3 amide bonds. The fourth-order valence-corrected chi connectivity index (χ4v) is 3.82. The zero-order valence-electron chi connectivity index (χ0n) is 21.7. The van der Waals surface area contributed by atoms with Gasteiger partial charge in [0.1, 0.15) is 42.8 Å². The Morgan fingerprint density at radius 1 is 1.05 bits per heavy atom.